The van der Waals surface area contributed by atoms with E-state index in [-0.39, 0.29) is 17.0 Å². The minimum absolute atomic E-state index is 0.178. The number of nitrogens with one attached hydrogen (secondary N) is 1. The highest BCUT2D eigenvalue weighted by Gasteiger charge is 2.34. The van der Waals surface area contributed by atoms with E-state index in [2.05, 4.69) is 4.72 Å². The van der Waals surface area contributed by atoms with Gasteiger partial charge in [0, 0.05) is 5.69 Å². The van der Waals surface area contributed by atoms with Crippen molar-refractivity contribution in [3.05, 3.63) is 40.8 Å². The quantitative estimate of drug-likeness (QED) is 0.909. The number of hydrogen-bond donors (Lipinski definition) is 1. The third-order valence-electron chi connectivity index (χ3n) is 2.77. The second kappa shape index (κ2) is 5.81. The van der Waals surface area contributed by atoms with Gasteiger partial charge in [-0.3, -0.25) is 4.72 Å². The van der Waals surface area contributed by atoms with Gasteiger partial charge in [0.05, 0.1) is 7.11 Å². The molecule has 0 unspecified atom stereocenters. The van der Waals surface area contributed by atoms with Gasteiger partial charge < -0.3 is 4.74 Å². The molecule has 22 heavy (non-hydrogen) atoms. The monoisotopic (exact) mass is 351 g/mol. The zero-order chi connectivity index (χ0) is 16.5. The third kappa shape index (κ3) is 3.53. The highest BCUT2D eigenvalue weighted by Crippen LogP contribution is 2.36. The van der Waals surface area contributed by atoms with E-state index in [0.29, 0.717) is 11.3 Å². The average Bonchev–Trinajstić information content (AvgIpc) is 2.88. The Morgan fingerprint density at radius 3 is 2.36 bits per heavy atom. The van der Waals surface area contributed by atoms with E-state index in [1.165, 1.54) is 19.2 Å². The molecule has 0 saturated carbocycles. The van der Waals surface area contributed by atoms with E-state index in [1.807, 2.05) is 0 Å². The molecule has 0 fully saturated rings. The molecule has 4 nitrogen and oxygen atoms in total. The summed E-state index contributed by atoms with van der Waals surface area (Å²) >= 11 is 0.178. The summed E-state index contributed by atoms with van der Waals surface area (Å²) in [6.07, 6.45) is -4.56. The minimum Gasteiger partial charge on any atom is -0.496 e. The van der Waals surface area contributed by atoms with Crippen LogP contribution in [0.2, 0.25) is 0 Å². The molecule has 1 aromatic carbocycles. The van der Waals surface area contributed by atoms with Crippen molar-refractivity contribution in [2.45, 2.75) is 17.3 Å². The van der Waals surface area contributed by atoms with Crippen LogP contribution in [0, 0.1) is 6.92 Å². The first-order valence-corrected chi connectivity index (χ1v) is 8.28. The van der Waals surface area contributed by atoms with Crippen LogP contribution in [0.5, 0.6) is 5.75 Å². The number of benzene rings is 1. The number of anilines is 1. The second-order valence-electron chi connectivity index (χ2n) is 4.41. The van der Waals surface area contributed by atoms with Crippen LogP contribution in [-0.4, -0.2) is 15.5 Å². The van der Waals surface area contributed by atoms with E-state index < -0.39 is 25.3 Å². The molecule has 0 spiro atoms. The number of rotatable bonds is 4. The first-order chi connectivity index (χ1) is 10.1. The van der Waals surface area contributed by atoms with E-state index in [0.717, 1.165) is 12.1 Å². The lowest BCUT2D eigenvalue weighted by molar-refractivity contribution is -0.134. The Bertz CT molecular complexity index is 782. The predicted molar refractivity (Wildman–Crippen MR) is 77.9 cm³/mol. The lowest BCUT2D eigenvalue weighted by atomic mass is 10.2. The second-order valence-corrected chi connectivity index (χ2v) is 7.40. The Morgan fingerprint density at radius 1 is 1.18 bits per heavy atom. The van der Waals surface area contributed by atoms with E-state index in [9.17, 15) is 21.6 Å². The summed E-state index contributed by atoms with van der Waals surface area (Å²) in [5.41, 5.74) is 0.949. The summed E-state index contributed by atoms with van der Waals surface area (Å²) in [7, 11) is -2.58. The zero-order valence-corrected chi connectivity index (χ0v) is 13.2. The molecule has 120 valence electrons. The van der Waals surface area contributed by atoms with Gasteiger partial charge in [-0.25, -0.2) is 8.42 Å². The average molecular weight is 351 g/mol. The van der Waals surface area contributed by atoms with Crippen LogP contribution in [0.4, 0.5) is 18.9 Å². The van der Waals surface area contributed by atoms with Crippen molar-refractivity contribution < 1.29 is 26.3 Å². The number of ether oxygens (including phenoxy) is 1. The van der Waals surface area contributed by atoms with E-state index in [1.54, 1.807) is 13.0 Å². The van der Waals surface area contributed by atoms with Gasteiger partial charge in [0.25, 0.3) is 10.0 Å². The van der Waals surface area contributed by atoms with Gasteiger partial charge in [0.15, 0.2) is 0 Å². The van der Waals surface area contributed by atoms with Crippen LogP contribution in [-0.2, 0) is 16.2 Å². The molecular formula is C13H12F3NO3S2. The molecule has 0 saturated heterocycles. The van der Waals surface area contributed by atoms with Crippen molar-refractivity contribution >= 4 is 27.0 Å². The van der Waals surface area contributed by atoms with Crippen LogP contribution in [0.25, 0.3) is 0 Å². The number of methoxy groups -OCH3 is 1. The van der Waals surface area contributed by atoms with Crippen molar-refractivity contribution in [3.63, 3.8) is 0 Å². The maximum Gasteiger partial charge on any atom is 0.425 e. The molecule has 2 rings (SSSR count). The Balaban J connectivity index is 2.28. The van der Waals surface area contributed by atoms with Gasteiger partial charge in [-0.1, -0.05) is 0 Å². The summed E-state index contributed by atoms with van der Waals surface area (Å²) in [4.78, 5) is -0.959. The van der Waals surface area contributed by atoms with Gasteiger partial charge in [0.2, 0.25) is 0 Å². The first-order valence-electron chi connectivity index (χ1n) is 5.98. The molecule has 9 heteroatoms. The van der Waals surface area contributed by atoms with Crippen molar-refractivity contribution in [1.29, 1.82) is 0 Å². The van der Waals surface area contributed by atoms with Crippen LogP contribution in [0.15, 0.2) is 34.5 Å². The normalized spacial score (nSPS) is 12.2. The Kier molecular flexibility index (Phi) is 4.39. The Labute approximate surface area is 129 Å². The minimum atomic E-state index is -4.56. The zero-order valence-electron chi connectivity index (χ0n) is 11.6. The molecule has 0 aliphatic carbocycles. The van der Waals surface area contributed by atoms with Crippen molar-refractivity contribution in [2.75, 3.05) is 11.8 Å². The molecule has 1 aromatic heterocycles. The molecule has 0 bridgehead atoms. The fourth-order valence-electron chi connectivity index (χ4n) is 1.76. The summed E-state index contributed by atoms with van der Waals surface area (Å²) in [5.74, 6) is 0.582. The van der Waals surface area contributed by atoms with Crippen LogP contribution in [0.1, 0.15) is 10.4 Å². The van der Waals surface area contributed by atoms with Crippen molar-refractivity contribution in [3.8, 4) is 5.75 Å². The smallest absolute Gasteiger partial charge is 0.425 e. The van der Waals surface area contributed by atoms with Crippen LogP contribution < -0.4 is 9.46 Å². The van der Waals surface area contributed by atoms with E-state index in [4.69, 9.17) is 4.74 Å². The topological polar surface area (TPSA) is 55.4 Å². The Hall–Kier alpha value is -1.74. The number of sulfonamides is 1. The Morgan fingerprint density at radius 2 is 1.86 bits per heavy atom. The number of halogens is 3. The molecule has 0 amide bonds. The third-order valence-corrected chi connectivity index (χ3v) is 5.78. The summed E-state index contributed by atoms with van der Waals surface area (Å²) < 4.78 is 68.7. The fourth-order valence-corrected chi connectivity index (χ4v) is 3.99. The summed E-state index contributed by atoms with van der Waals surface area (Å²) in [6, 6.07) is 6.27. The molecule has 0 aliphatic heterocycles. The largest absolute Gasteiger partial charge is 0.496 e. The van der Waals surface area contributed by atoms with Crippen LogP contribution >= 0.6 is 11.3 Å². The van der Waals surface area contributed by atoms with Gasteiger partial charge in [-0.2, -0.15) is 13.2 Å². The van der Waals surface area contributed by atoms with Gasteiger partial charge in [-0.05, 0) is 42.8 Å². The lowest BCUT2D eigenvalue weighted by Crippen LogP contribution is -2.11. The predicted octanol–water partition coefficient (Wildman–Crippen LogP) is 3.88. The maximum atomic E-state index is 12.5. The van der Waals surface area contributed by atoms with Gasteiger partial charge >= 0.3 is 6.18 Å². The molecule has 1 N–H and O–H groups in total. The maximum absolute atomic E-state index is 12.5. The molecule has 1 heterocycles. The molecule has 0 atom stereocenters. The highest BCUT2D eigenvalue weighted by molar-refractivity contribution is 7.94. The van der Waals surface area contributed by atoms with E-state index >= 15 is 0 Å². The fraction of sp³-hybridized carbons (Fsp3) is 0.231. The number of hydrogen-bond acceptors (Lipinski definition) is 4. The molecule has 0 radical (unpaired) electrons. The standard InChI is InChI=1S/C13H12F3NO3S2/c1-8-7-9(3-4-10(8)20-2)17-22(18,19)12-6-5-11(21-12)13(14,15)16/h3-7,17H,1-2H3. The van der Waals surface area contributed by atoms with Crippen LogP contribution in [0.3, 0.4) is 0 Å². The van der Waals surface area contributed by atoms with Gasteiger partial charge in [0.1, 0.15) is 14.8 Å². The van der Waals surface area contributed by atoms with Crippen molar-refractivity contribution in [2.24, 2.45) is 0 Å². The highest BCUT2D eigenvalue weighted by atomic mass is 32.2. The number of aryl methyl sites for hydroxylation is 1. The number of alkyl halides is 3. The van der Waals surface area contributed by atoms with Gasteiger partial charge in [-0.15, -0.1) is 11.3 Å². The SMILES string of the molecule is COc1ccc(NS(=O)(=O)c2ccc(C(F)(F)F)s2)cc1C. The first kappa shape index (κ1) is 16.6. The number of thiophene rings is 1. The molecule has 0 aliphatic rings. The summed E-state index contributed by atoms with van der Waals surface area (Å²) in [5, 5.41) is 0. The molecular weight excluding hydrogens is 339 g/mol. The van der Waals surface area contributed by atoms with Crippen molar-refractivity contribution in [1.82, 2.24) is 0 Å². The summed E-state index contributed by atoms with van der Waals surface area (Å²) in [6.45, 7) is 1.73. The lowest BCUT2D eigenvalue weighted by Gasteiger charge is -2.09. The molecule has 2 aromatic rings.